The molecule has 0 spiro atoms. The number of ether oxygens (including phenoxy) is 2. The smallest absolute Gasteiger partial charge is 0.330 e. The Morgan fingerprint density at radius 2 is 1.81 bits per heavy atom. The van der Waals surface area contributed by atoms with Crippen LogP contribution in [0.25, 0.3) is 0 Å². The number of hydrogen-bond donors (Lipinski definition) is 1. The summed E-state index contributed by atoms with van der Waals surface area (Å²) in [5.41, 5.74) is 4.00. The third kappa shape index (κ3) is 7.90. The Morgan fingerprint density at radius 3 is 2.51 bits per heavy atom. The molecule has 0 radical (unpaired) electrons. The van der Waals surface area contributed by atoms with Crippen LogP contribution in [0.2, 0.25) is 0 Å². The summed E-state index contributed by atoms with van der Waals surface area (Å²) in [6.07, 6.45) is 4.78. The summed E-state index contributed by atoms with van der Waals surface area (Å²) in [5, 5.41) is 3.62. The van der Waals surface area contributed by atoms with Gasteiger partial charge in [-0.05, 0) is 61.4 Å². The van der Waals surface area contributed by atoms with E-state index in [9.17, 15) is 9.59 Å². The average molecular weight is 519 g/mol. The zero-order valence-corrected chi connectivity index (χ0v) is 21.8. The molecule has 192 valence electrons. The van der Waals surface area contributed by atoms with Gasteiger partial charge in [-0.1, -0.05) is 23.9 Å². The van der Waals surface area contributed by atoms with E-state index in [1.807, 2.05) is 37.4 Å². The molecule has 1 N–H and O–H groups in total. The molecule has 8 nitrogen and oxygen atoms in total. The lowest BCUT2D eigenvalue weighted by Crippen LogP contribution is -2.36. The number of anilines is 2. The number of nitrogens with zero attached hydrogens (tertiary/aromatic N) is 3. The molecule has 2 aromatic carbocycles. The number of hydrogen-bond acceptors (Lipinski definition) is 8. The number of aromatic nitrogens is 2. The number of morpholine rings is 1. The number of nitrogens with one attached hydrogen (secondary N) is 1. The highest BCUT2D eigenvalue weighted by Gasteiger charge is 2.12. The van der Waals surface area contributed by atoms with Crippen LogP contribution in [-0.4, -0.2) is 54.8 Å². The van der Waals surface area contributed by atoms with Crippen LogP contribution in [0, 0.1) is 6.92 Å². The van der Waals surface area contributed by atoms with E-state index in [1.54, 1.807) is 18.7 Å². The van der Waals surface area contributed by atoms with Gasteiger partial charge in [0.25, 0.3) is 0 Å². The van der Waals surface area contributed by atoms with Gasteiger partial charge in [0.2, 0.25) is 5.91 Å². The molecule has 1 saturated heterocycles. The van der Waals surface area contributed by atoms with Gasteiger partial charge in [-0.3, -0.25) is 4.79 Å². The van der Waals surface area contributed by atoms with Crippen molar-refractivity contribution < 1.29 is 19.1 Å². The topological polar surface area (TPSA) is 93.7 Å². The SMILES string of the molecule is CCOC(=O)/C=C\C(=O)Nc1ccc(Sc2nc(Cc3ccc(N4CCOCC4)cc3)ncc2C)cc1. The van der Waals surface area contributed by atoms with Crippen LogP contribution in [-0.2, 0) is 25.5 Å². The second kappa shape index (κ2) is 13.0. The van der Waals surface area contributed by atoms with Gasteiger partial charge in [-0.25, -0.2) is 14.8 Å². The van der Waals surface area contributed by atoms with Crippen LogP contribution in [0.3, 0.4) is 0 Å². The lowest BCUT2D eigenvalue weighted by molar-refractivity contribution is -0.137. The van der Waals surface area contributed by atoms with Gasteiger partial charge in [0.1, 0.15) is 10.9 Å². The van der Waals surface area contributed by atoms with E-state index in [0.29, 0.717) is 12.1 Å². The van der Waals surface area contributed by atoms with Crippen LogP contribution >= 0.6 is 11.8 Å². The van der Waals surface area contributed by atoms with E-state index in [1.165, 1.54) is 5.69 Å². The van der Waals surface area contributed by atoms with Crippen molar-refractivity contribution in [3.05, 3.63) is 83.8 Å². The number of carbonyl (C=O) groups excluding carboxylic acids is 2. The minimum Gasteiger partial charge on any atom is -0.463 e. The standard InChI is InChI=1S/C28H30N4O4S/c1-3-36-27(34)13-12-26(33)30-22-6-10-24(11-7-22)37-28-20(2)19-29-25(31-28)18-21-4-8-23(9-5-21)32-14-16-35-17-15-32/h4-13,19H,3,14-18H2,1-2H3,(H,30,33)/b13-12-. The maximum absolute atomic E-state index is 12.0. The van der Waals surface area contributed by atoms with Crippen LogP contribution < -0.4 is 10.2 Å². The molecule has 0 unspecified atom stereocenters. The van der Waals surface area contributed by atoms with E-state index < -0.39 is 11.9 Å². The minimum atomic E-state index is -0.547. The Balaban J connectivity index is 1.35. The summed E-state index contributed by atoms with van der Waals surface area (Å²) >= 11 is 1.55. The first kappa shape index (κ1) is 26.4. The molecule has 0 saturated carbocycles. The van der Waals surface area contributed by atoms with E-state index >= 15 is 0 Å². The molecule has 0 aliphatic carbocycles. The molecule has 1 aromatic heterocycles. The van der Waals surface area contributed by atoms with E-state index in [-0.39, 0.29) is 6.61 Å². The normalized spacial score (nSPS) is 13.5. The van der Waals surface area contributed by atoms with Crippen molar-refractivity contribution in [2.24, 2.45) is 0 Å². The number of aryl methyl sites for hydroxylation is 1. The average Bonchev–Trinajstić information content (AvgIpc) is 2.92. The molecule has 1 amide bonds. The monoisotopic (exact) mass is 518 g/mol. The van der Waals surface area contributed by atoms with Crippen LogP contribution in [0.5, 0.6) is 0 Å². The Bertz CT molecular complexity index is 1240. The van der Waals surface area contributed by atoms with Crippen molar-refractivity contribution in [2.45, 2.75) is 30.2 Å². The fourth-order valence-corrected chi connectivity index (χ4v) is 4.57. The lowest BCUT2D eigenvalue weighted by Gasteiger charge is -2.28. The molecule has 0 bridgehead atoms. The van der Waals surface area contributed by atoms with Crippen LogP contribution in [0.4, 0.5) is 11.4 Å². The molecule has 3 aromatic rings. The Kier molecular flexibility index (Phi) is 9.29. The first-order valence-electron chi connectivity index (χ1n) is 12.2. The van der Waals surface area contributed by atoms with E-state index in [4.69, 9.17) is 14.5 Å². The second-order valence-electron chi connectivity index (χ2n) is 8.42. The highest BCUT2D eigenvalue weighted by Crippen LogP contribution is 2.29. The van der Waals surface area contributed by atoms with Gasteiger partial charge in [-0.15, -0.1) is 0 Å². The van der Waals surface area contributed by atoms with Crippen molar-refractivity contribution in [3.63, 3.8) is 0 Å². The van der Waals surface area contributed by atoms with Gasteiger partial charge < -0.3 is 19.7 Å². The van der Waals surface area contributed by atoms with Crippen molar-refractivity contribution in [3.8, 4) is 0 Å². The summed E-state index contributed by atoms with van der Waals surface area (Å²) in [4.78, 5) is 36.0. The van der Waals surface area contributed by atoms with Crippen molar-refractivity contribution >= 4 is 35.0 Å². The predicted molar refractivity (Wildman–Crippen MR) is 144 cm³/mol. The molecular formula is C28H30N4O4S. The van der Waals surface area contributed by atoms with Gasteiger partial charge in [-0.2, -0.15) is 0 Å². The largest absolute Gasteiger partial charge is 0.463 e. The van der Waals surface area contributed by atoms with Gasteiger partial charge >= 0.3 is 5.97 Å². The van der Waals surface area contributed by atoms with Crippen molar-refractivity contribution in [1.29, 1.82) is 0 Å². The molecule has 1 aliphatic rings. The fourth-order valence-electron chi connectivity index (χ4n) is 3.71. The number of carbonyl (C=O) groups is 2. The molecule has 4 rings (SSSR count). The van der Waals surface area contributed by atoms with Gasteiger partial charge in [0.15, 0.2) is 0 Å². The molecule has 0 atom stereocenters. The van der Waals surface area contributed by atoms with E-state index in [2.05, 4.69) is 39.5 Å². The summed E-state index contributed by atoms with van der Waals surface area (Å²) in [6, 6.07) is 16.0. The third-order valence-electron chi connectivity index (χ3n) is 5.64. The quantitative estimate of drug-likeness (QED) is 0.253. The summed E-state index contributed by atoms with van der Waals surface area (Å²) < 4.78 is 10.2. The first-order valence-corrected chi connectivity index (χ1v) is 13.0. The summed E-state index contributed by atoms with van der Waals surface area (Å²) in [6.45, 7) is 7.34. The zero-order chi connectivity index (χ0) is 26.0. The summed E-state index contributed by atoms with van der Waals surface area (Å²) in [5.74, 6) is -0.179. The molecule has 1 fully saturated rings. The highest BCUT2D eigenvalue weighted by molar-refractivity contribution is 7.99. The number of esters is 1. The minimum absolute atomic E-state index is 0.264. The third-order valence-corrected chi connectivity index (χ3v) is 6.76. The Hall–Kier alpha value is -3.69. The zero-order valence-electron chi connectivity index (χ0n) is 21.0. The van der Waals surface area contributed by atoms with Crippen LogP contribution in [0.15, 0.2) is 76.8 Å². The molecule has 37 heavy (non-hydrogen) atoms. The highest BCUT2D eigenvalue weighted by atomic mass is 32.2. The summed E-state index contributed by atoms with van der Waals surface area (Å²) in [7, 11) is 0. The predicted octanol–water partition coefficient (Wildman–Crippen LogP) is 4.42. The number of benzene rings is 2. The fraction of sp³-hybridized carbons (Fsp3) is 0.286. The molecule has 2 heterocycles. The number of rotatable bonds is 9. The molecule has 9 heteroatoms. The van der Waals surface area contributed by atoms with Crippen molar-refractivity contribution in [1.82, 2.24) is 9.97 Å². The molecule has 1 aliphatic heterocycles. The maximum atomic E-state index is 12.0. The first-order chi connectivity index (χ1) is 18.0. The van der Waals surface area contributed by atoms with Crippen LogP contribution in [0.1, 0.15) is 23.9 Å². The second-order valence-corrected chi connectivity index (χ2v) is 9.48. The van der Waals surface area contributed by atoms with Gasteiger partial charge in [0, 0.05) is 54.1 Å². The Morgan fingerprint density at radius 1 is 1.08 bits per heavy atom. The van der Waals surface area contributed by atoms with E-state index in [0.717, 1.165) is 65.3 Å². The Labute approximate surface area is 221 Å². The maximum Gasteiger partial charge on any atom is 0.330 e. The number of amides is 1. The molecular weight excluding hydrogens is 488 g/mol. The lowest BCUT2D eigenvalue weighted by atomic mass is 10.1. The van der Waals surface area contributed by atoms with Gasteiger partial charge in [0.05, 0.1) is 19.8 Å². The van der Waals surface area contributed by atoms with Crippen molar-refractivity contribution in [2.75, 3.05) is 43.1 Å².